The van der Waals surface area contributed by atoms with E-state index in [0.717, 1.165) is 16.9 Å². The number of sulfone groups is 1. The summed E-state index contributed by atoms with van der Waals surface area (Å²) in [6.07, 6.45) is 0. The summed E-state index contributed by atoms with van der Waals surface area (Å²) in [6.45, 7) is 5.99. The minimum atomic E-state index is -3.43. The largest absolute Gasteiger partial charge is 0.506 e. The van der Waals surface area contributed by atoms with Gasteiger partial charge in [0.2, 0.25) is 0 Å². The number of rotatable bonds is 7. The number of carbonyl (C=O) groups is 1. The molecule has 0 saturated carbocycles. The lowest BCUT2D eigenvalue weighted by atomic mass is 10.1. The number of phenolic OH excluding ortho intramolecular Hbond substituents is 1. The second-order valence-electron chi connectivity index (χ2n) is 6.08. The van der Waals surface area contributed by atoms with E-state index < -0.39 is 15.9 Å². The standard InChI is InChI=1S/C19H24N2O5S/c1-4-27(24,25)15-6-7-17(22)16(12-15)21-19(23)20-9-10-26-18-8-5-13(2)11-14(18)3/h5-8,11-12,22H,4,9-10H2,1-3H3,(H2,20,21,23). The highest BCUT2D eigenvalue weighted by Gasteiger charge is 2.15. The number of carbonyl (C=O) groups excluding carboxylic acids is 1. The number of amides is 2. The van der Waals surface area contributed by atoms with Gasteiger partial charge >= 0.3 is 6.03 Å². The number of phenols is 1. The second kappa shape index (κ2) is 8.77. The fraction of sp³-hybridized carbons (Fsp3) is 0.316. The maximum Gasteiger partial charge on any atom is 0.319 e. The average molecular weight is 392 g/mol. The van der Waals surface area contributed by atoms with Gasteiger partial charge in [0.25, 0.3) is 0 Å². The summed E-state index contributed by atoms with van der Waals surface area (Å²) < 4.78 is 29.5. The zero-order valence-electron chi connectivity index (χ0n) is 15.6. The molecule has 146 valence electrons. The summed E-state index contributed by atoms with van der Waals surface area (Å²) in [5.74, 6) is 0.462. The van der Waals surface area contributed by atoms with Crippen molar-refractivity contribution in [3.63, 3.8) is 0 Å². The smallest absolute Gasteiger partial charge is 0.319 e. The number of nitrogens with one attached hydrogen (secondary N) is 2. The van der Waals surface area contributed by atoms with Gasteiger partial charge in [-0.2, -0.15) is 0 Å². The van der Waals surface area contributed by atoms with Crippen molar-refractivity contribution in [3.8, 4) is 11.5 Å². The Bertz CT molecular complexity index is 926. The molecule has 3 N–H and O–H groups in total. The molecule has 0 fully saturated rings. The van der Waals surface area contributed by atoms with Crippen LogP contribution in [0.3, 0.4) is 0 Å². The zero-order valence-corrected chi connectivity index (χ0v) is 16.4. The van der Waals surface area contributed by atoms with Gasteiger partial charge in [0.15, 0.2) is 9.84 Å². The van der Waals surface area contributed by atoms with Crippen LogP contribution in [0.5, 0.6) is 11.5 Å². The van der Waals surface area contributed by atoms with Crippen molar-refractivity contribution >= 4 is 21.6 Å². The molecule has 0 bridgehead atoms. The van der Waals surface area contributed by atoms with Crippen LogP contribution in [-0.4, -0.2) is 38.5 Å². The van der Waals surface area contributed by atoms with Gasteiger partial charge in [0, 0.05) is 0 Å². The molecule has 0 unspecified atom stereocenters. The number of hydrogen-bond donors (Lipinski definition) is 3. The highest BCUT2D eigenvalue weighted by molar-refractivity contribution is 7.91. The van der Waals surface area contributed by atoms with Crippen molar-refractivity contribution in [2.45, 2.75) is 25.7 Å². The summed E-state index contributed by atoms with van der Waals surface area (Å²) in [5, 5.41) is 14.9. The van der Waals surface area contributed by atoms with Crippen molar-refractivity contribution in [3.05, 3.63) is 47.5 Å². The minimum Gasteiger partial charge on any atom is -0.506 e. The van der Waals surface area contributed by atoms with E-state index in [0.29, 0.717) is 0 Å². The number of anilines is 1. The molecule has 0 atom stereocenters. The van der Waals surface area contributed by atoms with Crippen LogP contribution in [0.15, 0.2) is 41.3 Å². The van der Waals surface area contributed by atoms with Crippen molar-refractivity contribution in [2.75, 3.05) is 24.2 Å². The zero-order chi connectivity index (χ0) is 20.0. The van der Waals surface area contributed by atoms with Gasteiger partial charge < -0.3 is 20.5 Å². The van der Waals surface area contributed by atoms with E-state index in [1.54, 1.807) is 0 Å². The Morgan fingerprint density at radius 1 is 1.15 bits per heavy atom. The van der Waals surface area contributed by atoms with Gasteiger partial charge in [-0.15, -0.1) is 0 Å². The first-order chi connectivity index (χ1) is 12.7. The van der Waals surface area contributed by atoms with Crippen molar-refractivity contribution in [2.24, 2.45) is 0 Å². The van der Waals surface area contributed by atoms with Crippen LogP contribution in [0.4, 0.5) is 10.5 Å². The number of ether oxygens (including phenoxy) is 1. The molecule has 0 heterocycles. The predicted octanol–water partition coefficient (Wildman–Crippen LogP) is 3.00. The number of benzene rings is 2. The van der Waals surface area contributed by atoms with Crippen LogP contribution in [0.2, 0.25) is 0 Å². The maximum absolute atomic E-state index is 12.0. The molecule has 2 rings (SSSR count). The monoisotopic (exact) mass is 392 g/mol. The molecule has 2 amide bonds. The first-order valence-corrected chi connectivity index (χ1v) is 10.2. The molecular weight excluding hydrogens is 368 g/mol. The SMILES string of the molecule is CCS(=O)(=O)c1ccc(O)c(NC(=O)NCCOc2ccc(C)cc2C)c1. The van der Waals surface area contributed by atoms with Crippen molar-refractivity contribution < 1.29 is 23.1 Å². The number of urea groups is 1. The predicted molar refractivity (Wildman–Crippen MR) is 104 cm³/mol. The fourth-order valence-corrected chi connectivity index (χ4v) is 3.33. The Morgan fingerprint density at radius 2 is 1.89 bits per heavy atom. The lowest BCUT2D eigenvalue weighted by molar-refractivity contribution is 0.247. The van der Waals surface area contributed by atoms with Crippen LogP contribution in [-0.2, 0) is 9.84 Å². The summed E-state index contributed by atoms with van der Waals surface area (Å²) >= 11 is 0. The molecule has 0 saturated heterocycles. The molecular formula is C19H24N2O5S. The summed E-state index contributed by atoms with van der Waals surface area (Å²) in [6, 6.07) is 9.04. The molecule has 0 spiro atoms. The van der Waals surface area contributed by atoms with E-state index in [4.69, 9.17) is 4.74 Å². The molecule has 0 radical (unpaired) electrons. The van der Waals surface area contributed by atoms with Gasteiger partial charge in [-0.1, -0.05) is 24.6 Å². The van der Waals surface area contributed by atoms with Gasteiger partial charge in [0.1, 0.15) is 18.1 Å². The first-order valence-electron chi connectivity index (χ1n) is 8.53. The Morgan fingerprint density at radius 3 is 2.56 bits per heavy atom. The van der Waals surface area contributed by atoms with E-state index in [1.165, 1.54) is 25.1 Å². The fourth-order valence-electron chi connectivity index (χ4n) is 2.43. The Hall–Kier alpha value is -2.74. The van der Waals surface area contributed by atoms with Gasteiger partial charge in [0.05, 0.1) is 22.9 Å². The molecule has 0 aliphatic heterocycles. The minimum absolute atomic E-state index is 0.0253. The van der Waals surface area contributed by atoms with E-state index in [9.17, 15) is 18.3 Å². The quantitative estimate of drug-likeness (QED) is 0.496. The van der Waals surface area contributed by atoms with E-state index in [2.05, 4.69) is 10.6 Å². The highest BCUT2D eigenvalue weighted by Crippen LogP contribution is 2.26. The molecule has 27 heavy (non-hydrogen) atoms. The Kier molecular flexibility index (Phi) is 6.68. The van der Waals surface area contributed by atoms with Crippen LogP contribution < -0.4 is 15.4 Å². The summed E-state index contributed by atoms with van der Waals surface area (Å²) in [7, 11) is -3.43. The van der Waals surface area contributed by atoms with Crippen LogP contribution in [0.25, 0.3) is 0 Å². The topological polar surface area (TPSA) is 105 Å². The summed E-state index contributed by atoms with van der Waals surface area (Å²) in [5.41, 5.74) is 2.18. The van der Waals surface area contributed by atoms with Crippen LogP contribution in [0, 0.1) is 13.8 Å². The third-order valence-corrected chi connectivity index (χ3v) is 5.66. The van der Waals surface area contributed by atoms with E-state index in [1.807, 2.05) is 32.0 Å². The maximum atomic E-state index is 12.0. The number of aromatic hydroxyl groups is 1. The highest BCUT2D eigenvalue weighted by atomic mass is 32.2. The molecule has 0 aliphatic carbocycles. The third kappa shape index (κ3) is 5.62. The lowest BCUT2D eigenvalue weighted by Crippen LogP contribution is -2.32. The molecule has 0 aromatic heterocycles. The van der Waals surface area contributed by atoms with Gasteiger partial charge in [-0.25, -0.2) is 13.2 Å². The molecule has 0 aliphatic rings. The first kappa shape index (κ1) is 20.6. The van der Waals surface area contributed by atoms with Crippen molar-refractivity contribution in [1.82, 2.24) is 5.32 Å². The Labute approximate surface area is 159 Å². The van der Waals surface area contributed by atoms with E-state index >= 15 is 0 Å². The molecule has 7 nitrogen and oxygen atoms in total. The van der Waals surface area contributed by atoms with Crippen LogP contribution in [0.1, 0.15) is 18.1 Å². The number of hydrogen-bond acceptors (Lipinski definition) is 5. The molecule has 8 heteroatoms. The van der Waals surface area contributed by atoms with E-state index in [-0.39, 0.29) is 35.2 Å². The third-order valence-electron chi connectivity index (χ3n) is 3.93. The van der Waals surface area contributed by atoms with Crippen LogP contribution >= 0.6 is 0 Å². The number of aryl methyl sites for hydroxylation is 2. The van der Waals surface area contributed by atoms with Gasteiger partial charge in [-0.3, -0.25) is 0 Å². The lowest BCUT2D eigenvalue weighted by Gasteiger charge is -2.12. The molecule has 2 aromatic rings. The van der Waals surface area contributed by atoms with Gasteiger partial charge in [-0.05, 0) is 43.7 Å². The molecule has 2 aromatic carbocycles. The summed E-state index contributed by atoms with van der Waals surface area (Å²) in [4.78, 5) is 12.0. The second-order valence-corrected chi connectivity index (χ2v) is 8.36. The average Bonchev–Trinajstić information content (AvgIpc) is 2.62. The normalized spacial score (nSPS) is 11.1. The Balaban J connectivity index is 1.89. The van der Waals surface area contributed by atoms with Crippen molar-refractivity contribution in [1.29, 1.82) is 0 Å².